The number of rotatable bonds is 2. The quantitative estimate of drug-likeness (QED) is 0.785. The summed E-state index contributed by atoms with van der Waals surface area (Å²) in [6, 6.07) is 7.85. The molecule has 0 N–H and O–H groups in total. The Kier molecular flexibility index (Phi) is 2.98. The number of nitrogens with zero attached hydrogens (tertiary/aromatic N) is 1. The lowest BCUT2D eigenvalue weighted by Gasteiger charge is -1.98. The fourth-order valence-electron chi connectivity index (χ4n) is 1.19. The van der Waals surface area contributed by atoms with E-state index in [1.54, 1.807) is 5.38 Å². The Morgan fingerprint density at radius 2 is 2.13 bits per heavy atom. The Morgan fingerprint density at radius 3 is 2.73 bits per heavy atom. The topological polar surface area (TPSA) is 30.0 Å². The van der Waals surface area contributed by atoms with Crippen LogP contribution in [0.25, 0.3) is 10.6 Å². The molecule has 0 spiro atoms. The van der Waals surface area contributed by atoms with Crippen LogP contribution in [0.1, 0.15) is 17.4 Å². The number of aromatic nitrogens is 1. The molecular weight excluding hydrogens is 274 g/mol. The SMILES string of the molecule is CC(=O)c1csc(-c2ccccc2Br)n1. The maximum Gasteiger partial charge on any atom is 0.178 e. The summed E-state index contributed by atoms with van der Waals surface area (Å²) >= 11 is 4.94. The number of halogens is 1. The van der Waals surface area contributed by atoms with Crippen molar-refractivity contribution < 1.29 is 4.79 Å². The zero-order valence-electron chi connectivity index (χ0n) is 8.03. The van der Waals surface area contributed by atoms with Crippen molar-refractivity contribution in [2.75, 3.05) is 0 Å². The Morgan fingerprint density at radius 1 is 1.40 bits per heavy atom. The van der Waals surface area contributed by atoms with Gasteiger partial charge in [-0.3, -0.25) is 4.79 Å². The molecule has 2 nitrogen and oxygen atoms in total. The third-order valence-corrected chi connectivity index (χ3v) is 3.54. The molecule has 0 bridgehead atoms. The van der Waals surface area contributed by atoms with E-state index in [-0.39, 0.29) is 5.78 Å². The second-order valence-corrected chi connectivity index (χ2v) is 4.79. The zero-order valence-corrected chi connectivity index (χ0v) is 10.4. The highest BCUT2D eigenvalue weighted by molar-refractivity contribution is 9.10. The number of ketones is 1. The van der Waals surface area contributed by atoms with Gasteiger partial charge in [0, 0.05) is 22.3 Å². The van der Waals surface area contributed by atoms with Crippen molar-refractivity contribution in [3.05, 3.63) is 39.8 Å². The molecule has 2 rings (SSSR count). The zero-order chi connectivity index (χ0) is 10.8. The number of carbonyl (C=O) groups is 1. The van der Waals surface area contributed by atoms with Gasteiger partial charge >= 0.3 is 0 Å². The summed E-state index contributed by atoms with van der Waals surface area (Å²) in [5, 5.41) is 2.66. The number of hydrogen-bond donors (Lipinski definition) is 0. The third kappa shape index (κ3) is 2.16. The lowest BCUT2D eigenvalue weighted by molar-refractivity contribution is 0.101. The lowest BCUT2D eigenvalue weighted by atomic mass is 10.2. The predicted molar refractivity (Wildman–Crippen MR) is 65.3 cm³/mol. The van der Waals surface area contributed by atoms with Crippen molar-refractivity contribution in [1.82, 2.24) is 4.98 Å². The van der Waals surface area contributed by atoms with Gasteiger partial charge in [0.25, 0.3) is 0 Å². The van der Waals surface area contributed by atoms with Gasteiger partial charge in [-0.1, -0.05) is 34.1 Å². The fraction of sp³-hybridized carbons (Fsp3) is 0.0909. The Bertz CT molecular complexity index is 507. The van der Waals surface area contributed by atoms with Crippen LogP contribution in [0, 0.1) is 0 Å². The summed E-state index contributed by atoms with van der Waals surface area (Å²) in [6.45, 7) is 1.53. The summed E-state index contributed by atoms with van der Waals surface area (Å²) in [5.74, 6) is 0.00422. The highest BCUT2D eigenvalue weighted by Gasteiger charge is 2.09. The van der Waals surface area contributed by atoms with Crippen molar-refractivity contribution >= 4 is 33.0 Å². The Hall–Kier alpha value is -1.000. The third-order valence-electron chi connectivity index (χ3n) is 1.97. The van der Waals surface area contributed by atoms with E-state index in [9.17, 15) is 4.79 Å². The molecule has 2 aromatic rings. The normalized spacial score (nSPS) is 10.3. The first-order valence-corrected chi connectivity index (χ1v) is 6.07. The van der Waals surface area contributed by atoms with Crippen LogP contribution in [-0.2, 0) is 0 Å². The van der Waals surface area contributed by atoms with E-state index in [0.29, 0.717) is 5.69 Å². The molecular formula is C11H8BrNOS. The second kappa shape index (κ2) is 4.24. The molecule has 15 heavy (non-hydrogen) atoms. The highest BCUT2D eigenvalue weighted by Crippen LogP contribution is 2.30. The van der Waals surface area contributed by atoms with Gasteiger partial charge in [0.15, 0.2) is 5.78 Å². The van der Waals surface area contributed by atoms with Crippen LogP contribution in [-0.4, -0.2) is 10.8 Å². The molecule has 1 heterocycles. The minimum atomic E-state index is 0.00422. The van der Waals surface area contributed by atoms with Crippen LogP contribution in [0.2, 0.25) is 0 Å². The average molecular weight is 282 g/mol. The van der Waals surface area contributed by atoms with E-state index in [4.69, 9.17) is 0 Å². The summed E-state index contributed by atoms with van der Waals surface area (Å²) in [4.78, 5) is 15.4. The van der Waals surface area contributed by atoms with Crippen molar-refractivity contribution in [3.8, 4) is 10.6 Å². The smallest absolute Gasteiger partial charge is 0.178 e. The summed E-state index contributed by atoms with van der Waals surface area (Å²) in [7, 11) is 0. The van der Waals surface area contributed by atoms with E-state index in [0.717, 1.165) is 15.0 Å². The summed E-state index contributed by atoms with van der Waals surface area (Å²) in [6.07, 6.45) is 0. The van der Waals surface area contributed by atoms with Crippen LogP contribution in [0.5, 0.6) is 0 Å². The molecule has 0 saturated carbocycles. The van der Waals surface area contributed by atoms with Gasteiger partial charge in [0.05, 0.1) is 0 Å². The highest BCUT2D eigenvalue weighted by atomic mass is 79.9. The van der Waals surface area contributed by atoms with Crippen molar-refractivity contribution in [1.29, 1.82) is 0 Å². The van der Waals surface area contributed by atoms with E-state index < -0.39 is 0 Å². The van der Waals surface area contributed by atoms with E-state index >= 15 is 0 Å². The molecule has 1 aromatic carbocycles. The maximum absolute atomic E-state index is 11.1. The van der Waals surface area contributed by atoms with Crippen LogP contribution in [0.4, 0.5) is 0 Å². The van der Waals surface area contributed by atoms with Crippen molar-refractivity contribution in [3.63, 3.8) is 0 Å². The van der Waals surface area contributed by atoms with Gasteiger partial charge in [-0.25, -0.2) is 4.98 Å². The standard InChI is InChI=1S/C11H8BrNOS/c1-7(14)10-6-15-11(13-10)8-4-2-3-5-9(8)12/h2-6H,1H3. The van der Waals surface area contributed by atoms with Crippen LogP contribution >= 0.6 is 27.3 Å². The molecule has 0 amide bonds. The molecule has 0 aliphatic rings. The molecule has 0 radical (unpaired) electrons. The van der Waals surface area contributed by atoms with Gasteiger partial charge < -0.3 is 0 Å². The van der Waals surface area contributed by atoms with Crippen LogP contribution in [0.15, 0.2) is 34.1 Å². The molecule has 0 unspecified atom stereocenters. The number of thiazole rings is 1. The number of carbonyl (C=O) groups excluding carboxylic acids is 1. The van der Waals surface area contributed by atoms with E-state index in [1.165, 1.54) is 18.3 Å². The van der Waals surface area contributed by atoms with Crippen LogP contribution < -0.4 is 0 Å². The second-order valence-electron chi connectivity index (χ2n) is 3.07. The van der Waals surface area contributed by atoms with Crippen LogP contribution in [0.3, 0.4) is 0 Å². The minimum absolute atomic E-state index is 0.00422. The minimum Gasteiger partial charge on any atom is -0.293 e. The van der Waals surface area contributed by atoms with E-state index in [2.05, 4.69) is 20.9 Å². The molecule has 0 fully saturated rings. The van der Waals surface area contributed by atoms with E-state index in [1.807, 2.05) is 24.3 Å². The molecule has 0 aliphatic heterocycles. The van der Waals surface area contributed by atoms with Gasteiger partial charge in [0.2, 0.25) is 0 Å². The summed E-state index contributed by atoms with van der Waals surface area (Å²) in [5.41, 5.74) is 1.56. The summed E-state index contributed by atoms with van der Waals surface area (Å²) < 4.78 is 0.995. The van der Waals surface area contributed by atoms with Gasteiger partial charge in [-0.15, -0.1) is 11.3 Å². The van der Waals surface area contributed by atoms with Gasteiger partial charge in [-0.05, 0) is 6.07 Å². The number of hydrogen-bond acceptors (Lipinski definition) is 3. The van der Waals surface area contributed by atoms with Gasteiger partial charge in [0.1, 0.15) is 10.7 Å². The van der Waals surface area contributed by atoms with Gasteiger partial charge in [-0.2, -0.15) is 0 Å². The van der Waals surface area contributed by atoms with Crippen molar-refractivity contribution in [2.24, 2.45) is 0 Å². The lowest BCUT2D eigenvalue weighted by Crippen LogP contribution is -1.91. The fourth-order valence-corrected chi connectivity index (χ4v) is 2.70. The van der Waals surface area contributed by atoms with Crippen molar-refractivity contribution in [2.45, 2.75) is 6.92 Å². The molecule has 1 aromatic heterocycles. The average Bonchev–Trinajstić information content (AvgIpc) is 2.67. The number of Topliss-reactive ketones (excluding diaryl/α,β-unsaturated/α-hetero) is 1. The molecule has 0 aliphatic carbocycles. The first-order chi connectivity index (χ1) is 7.18. The Labute approximate surface area is 100 Å². The predicted octanol–water partition coefficient (Wildman–Crippen LogP) is 3.78. The first-order valence-electron chi connectivity index (χ1n) is 4.40. The largest absolute Gasteiger partial charge is 0.293 e. The molecule has 0 atom stereocenters. The Balaban J connectivity index is 2.46. The monoisotopic (exact) mass is 281 g/mol. The molecule has 76 valence electrons. The number of benzene rings is 1. The maximum atomic E-state index is 11.1. The molecule has 0 saturated heterocycles. The first kappa shape index (κ1) is 10.5. The molecule has 4 heteroatoms.